The zero-order valence-electron chi connectivity index (χ0n) is 18.8. The van der Waals surface area contributed by atoms with E-state index >= 15 is 0 Å². The maximum absolute atomic E-state index is 13.1. The molecule has 2 aromatic carbocycles. The van der Waals surface area contributed by atoms with E-state index in [2.05, 4.69) is 15.9 Å². The van der Waals surface area contributed by atoms with Crippen molar-refractivity contribution >= 4 is 33.4 Å². The van der Waals surface area contributed by atoms with Gasteiger partial charge in [-0.15, -0.1) is 0 Å². The fourth-order valence-corrected chi connectivity index (χ4v) is 4.27. The minimum atomic E-state index is -0.833. The van der Waals surface area contributed by atoms with Crippen molar-refractivity contribution < 1.29 is 24.5 Å². The number of phenols is 1. The molecule has 7 nitrogen and oxygen atoms in total. The topological polar surface area (TPSA) is 90.3 Å². The molecular weight excluding hydrogens is 476 g/mol. The van der Waals surface area contributed by atoms with Gasteiger partial charge < -0.3 is 24.7 Å². The van der Waals surface area contributed by atoms with E-state index < -0.39 is 17.7 Å². The molecule has 1 aliphatic rings. The van der Waals surface area contributed by atoms with Gasteiger partial charge >= 0.3 is 0 Å². The number of nitrogens with zero attached hydrogens (tertiary/aromatic N) is 2. The quantitative estimate of drug-likeness (QED) is 0.355. The van der Waals surface area contributed by atoms with Crippen molar-refractivity contribution in [1.82, 2.24) is 9.80 Å². The van der Waals surface area contributed by atoms with Gasteiger partial charge in [0.05, 0.1) is 23.2 Å². The molecule has 0 saturated carbocycles. The molecule has 32 heavy (non-hydrogen) atoms. The molecule has 8 heteroatoms. The lowest BCUT2D eigenvalue weighted by Gasteiger charge is -2.27. The summed E-state index contributed by atoms with van der Waals surface area (Å²) >= 11 is 3.32. The zero-order chi connectivity index (χ0) is 23.7. The third-order valence-corrected chi connectivity index (χ3v) is 6.17. The molecule has 170 valence electrons. The molecule has 1 saturated heterocycles. The van der Waals surface area contributed by atoms with Crippen LogP contribution in [-0.4, -0.2) is 66.0 Å². The molecule has 1 aliphatic heterocycles. The van der Waals surface area contributed by atoms with Crippen molar-refractivity contribution in [2.24, 2.45) is 0 Å². The van der Waals surface area contributed by atoms with Crippen LogP contribution in [0.3, 0.4) is 0 Å². The highest BCUT2D eigenvalue weighted by Gasteiger charge is 2.46. The number of carbonyl (C=O) groups excluding carboxylic acids is 2. The highest BCUT2D eigenvalue weighted by Crippen LogP contribution is 2.44. The van der Waals surface area contributed by atoms with Crippen molar-refractivity contribution in [3.63, 3.8) is 0 Å². The van der Waals surface area contributed by atoms with Crippen LogP contribution in [0.5, 0.6) is 11.5 Å². The maximum Gasteiger partial charge on any atom is 0.295 e. The molecule has 3 rings (SSSR count). The molecule has 1 amide bonds. The number of benzene rings is 2. The molecule has 2 N–H and O–H groups in total. The first kappa shape index (κ1) is 23.8. The summed E-state index contributed by atoms with van der Waals surface area (Å²) in [5, 5.41) is 21.5. The molecular formula is C24H27BrN2O5. The van der Waals surface area contributed by atoms with Crippen LogP contribution >= 0.6 is 15.9 Å². The first-order valence-electron chi connectivity index (χ1n) is 10.1. The summed E-state index contributed by atoms with van der Waals surface area (Å²) < 4.78 is 5.63. The first-order valence-corrected chi connectivity index (χ1v) is 10.9. The summed E-state index contributed by atoms with van der Waals surface area (Å²) in [6.07, 6.45) is 0. The number of likely N-dealkylation sites (N-methyl/N-ethyl adjacent to an activating group) is 1. The van der Waals surface area contributed by atoms with Gasteiger partial charge in [-0.1, -0.05) is 17.7 Å². The molecule has 0 unspecified atom stereocenters. The van der Waals surface area contributed by atoms with Gasteiger partial charge in [0, 0.05) is 18.7 Å². The Morgan fingerprint density at radius 3 is 2.50 bits per heavy atom. The average molecular weight is 503 g/mol. The molecule has 0 spiro atoms. The number of phenolic OH excluding ortho intramolecular Hbond substituents is 1. The number of amides is 1. The number of Topliss-reactive ketones (excluding diaryl/α,β-unsaturated/α-hetero) is 1. The Labute approximate surface area is 196 Å². The highest BCUT2D eigenvalue weighted by atomic mass is 79.9. The summed E-state index contributed by atoms with van der Waals surface area (Å²) in [6.45, 7) is 4.55. The fraction of sp³-hybridized carbons (Fsp3) is 0.333. The smallest absolute Gasteiger partial charge is 0.295 e. The summed E-state index contributed by atoms with van der Waals surface area (Å²) in [6, 6.07) is 7.95. The minimum absolute atomic E-state index is 0.0158. The standard InChI is InChI=1S/C24H27BrN2O5/c1-13-6-7-14(2)16(10-13)21(28)19-20(15-11-17(25)22(29)18(12-15)32-5)27(9-8-26(3)4)24(31)23(19)30/h6-7,10-12,20,28-29H,8-9H2,1-5H3/t20-/m1/s1. The summed E-state index contributed by atoms with van der Waals surface area (Å²) in [4.78, 5) is 29.5. The molecule has 0 radical (unpaired) electrons. The van der Waals surface area contributed by atoms with Crippen LogP contribution in [0.4, 0.5) is 0 Å². The third kappa shape index (κ3) is 4.38. The number of aliphatic hydroxyl groups excluding tert-OH is 1. The fourth-order valence-electron chi connectivity index (χ4n) is 3.81. The largest absolute Gasteiger partial charge is 0.507 e. The normalized spacial score (nSPS) is 18.0. The summed E-state index contributed by atoms with van der Waals surface area (Å²) in [5.41, 5.74) is 2.77. The van der Waals surface area contributed by atoms with E-state index in [-0.39, 0.29) is 29.4 Å². The molecule has 1 fully saturated rings. The molecule has 1 atom stereocenters. The van der Waals surface area contributed by atoms with E-state index in [4.69, 9.17) is 4.74 Å². The van der Waals surface area contributed by atoms with E-state index in [1.165, 1.54) is 12.0 Å². The highest BCUT2D eigenvalue weighted by molar-refractivity contribution is 9.10. The number of aromatic hydroxyl groups is 1. The summed E-state index contributed by atoms with van der Waals surface area (Å²) in [5.74, 6) is -1.53. The predicted octanol–water partition coefficient (Wildman–Crippen LogP) is 3.76. The van der Waals surface area contributed by atoms with E-state index in [0.717, 1.165) is 11.1 Å². The Morgan fingerprint density at radius 1 is 1.19 bits per heavy atom. The van der Waals surface area contributed by atoms with Gasteiger partial charge in [0.25, 0.3) is 11.7 Å². The Balaban J connectivity index is 2.27. The van der Waals surface area contributed by atoms with Crippen molar-refractivity contribution in [2.45, 2.75) is 19.9 Å². The number of carbonyl (C=O) groups is 2. The van der Waals surface area contributed by atoms with Gasteiger partial charge in [0.1, 0.15) is 5.76 Å². The maximum atomic E-state index is 13.1. The monoisotopic (exact) mass is 502 g/mol. The van der Waals surface area contributed by atoms with Gasteiger partial charge in [0.2, 0.25) is 0 Å². The van der Waals surface area contributed by atoms with Crippen molar-refractivity contribution in [3.8, 4) is 11.5 Å². The summed E-state index contributed by atoms with van der Waals surface area (Å²) in [7, 11) is 5.17. The van der Waals surface area contributed by atoms with Crippen LogP contribution in [0.15, 0.2) is 40.4 Å². The van der Waals surface area contributed by atoms with Gasteiger partial charge in [0.15, 0.2) is 11.5 Å². The second-order valence-electron chi connectivity index (χ2n) is 8.17. The lowest BCUT2D eigenvalue weighted by atomic mass is 9.93. The van der Waals surface area contributed by atoms with Crippen LogP contribution in [0.1, 0.15) is 28.3 Å². The Bertz CT molecular complexity index is 1110. The van der Waals surface area contributed by atoms with Crippen molar-refractivity contribution in [1.29, 1.82) is 0 Å². The van der Waals surface area contributed by atoms with Crippen LogP contribution in [0.25, 0.3) is 5.76 Å². The Kier molecular flexibility index (Phi) is 6.95. The zero-order valence-corrected chi connectivity index (χ0v) is 20.4. The van der Waals surface area contributed by atoms with Crippen LogP contribution < -0.4 is 4.74 Å². The average Bonchev–Trinajstić information content (AvgIpc) is 3.00. The molecule has 0 aromatic heterocycles. The van der Waals surface area contributed by atoms with Crippen molar-refractivity contribution in [3.05, 3.63) is 62.6 Å². The Morgan fingerprint density at radius 2 is 1.88 bits per heavy atom. The third-order valence-electron chi connectivity index (χ3n) is 5.56. The van der Waals surface area contributed by atoms with Crippen LogP contribution in [-0.2, 0) is 9.59 Å². The van der Waals surface area contributed by atoms with Gasteiger partial charge in [-0.25, -0.2) is 0 Å². The first-order chi connectivity index (χ1) is 15.1. The second kappa shape index (κ2) is 9.34. The lowest BCUT2D eigenvalue weighted by molar-refractivity contribution is -0.140. The number of aryl methyl sites for hydroxylation is 2. The SMILES string of the molecule is COc1cc([C@@H]2C(=C(O)c3cc(C)ccc3C)C(=O)C(=O)N2CCN(C)C)cc(Br)c1O. The van der Waals surface area contributed by atoms with E-state index in [9.17, 15) is 19.8 Å². The van der Waals surface area contributed by atoms with Crippen molar-refractivity contribution in [2.75, 3.05) is 34.3 Å². The molecule has 0 aliphatic carbocycles. The number of ketones is 1. The number of rotatable bonds is 6. The number of aliphatic hydroxyl groups is 1. The number of hydrogen-bond donors (Lipinski definition) is 2. The number of methoxy groups -OCH3 is 1. The van der Waals surface area contributed by atoms with Gasteiger partial charge in [-0.05, 0) is 73.2 Å². The number of ether oxygens (including phenoxy) is 1. The van der Waals surface area contributed by atoms with E-state index in [0.29, 0.717) is 22.1 Å². The van der Waals surface area contributed by atoms with Crippen LogP contribution in [0, 0.1) is 13.8 Å². The van der Waals surface area contributed by atoms with E-state index in [1.54, 1.807) is 18.2 Å². The van der Waals surface area contributed by atoms with Gasteiger partial charge in [-0.3, -0.25) is 9.59 Å². The number of hydrogen-bond acceptors (Lipinski definition) is 6. The molecule has 2 aromatic rings. The lowest BCUT2D eigenvalue weighted by Crippen LogP contribution is -2.35. The molecule has 0 bridgehead atoms. The van der Waals surface area contributed by atoms with Crippen LogP contribution in [0.2, 0.25) is 0 Å². The number of halogens is 1. The minimum Gasteiger partial charge on any atom is -0.507 e. The van der Waals surface area contributed by atoms with Gasteiger partial charge in [-0.2, -0.15) is 0 Å². The number of likely N-dealkylation sites (tertiary alicyclic amines) is 1. The second-order valence-corrected chi connectivity index (χ2v) is 9.02. The van der Waals surface area contributed by atoms with E-state index in [1.807, 2.05) is 45.0 Å². The Hall–Kier alpha value is -2.84. The predicted molar refractivity (Wildman–Crippen MR) is 126 cm³/mol. The molecule has 1 heterocycles.